The standard InChI is InChI=1S/C15H24N4O2/c1-3-5-7-9-18-13-12(16-11-17-13)14(20)19(15(18)21)10-8-6-4-2/h11H,3-10H2,1-2H3,(H,16,17). The first-order valence-electron chi connectivity index (χ1n) is 7.87. The van der Waals surface area contributed by atoms with Gasteiger partial charge in [0.25, 0.3) is 5.56 Å². The predicted octanol–water partition coefficient (Wildman–Crippen LogP) is 2.27. The molecule has 116 valence electrons. The third-order valence-electron chi connectivity index (χ3n) is 3.77. The molecule has 0 radical (unpaired) electrons. The quantitative estimate of drug-likeness (QED) is 0.759. The molecule has 1 N–H and O–H groups in total. The number of unbranched alkanes of at least 4 members (excludes halogenated alkanes) is 4. The van der Waals surface area contributed by atoms with Gasteiger partial charge in [0.2, 0.25) is 0 Å². The minimum atomic E-state index is -0.254. The lowest BCUT2D eigenvalue weighted by Crippen LogP contribution is -2.40. The molecule has 2 rings (SSSR count). The maximum Gasteiger partial charge on any atom is 0.332 e. The molecule has 0 aromatic carbocycles. The van der Waals surface area contributed by atoms with Crippen LogP contribution in [0.5, 0.6) is 0 Å². The molecule has 0 atom stereocenters. The summed E-state index contributed by atoms with van der Waals surface area (Å²) in [6.45, 7) is 5.32. The van der Waals surface area contributed by atoms with Gasteiger partial charge in [-0.25, -0.2) is 9.78 Å². The molecular weight excluding hydrogens is 268 g/mol. The number of hydrogen-bond donors (Lipinski definition) is 1. The fourth-order valence-corrected chi connectivity index (χ4v) is 2.55. The van der Waals surface area contributed by atoms with Crippen molar-refractivity contribution in [2.75, 3.05) is 0 Å². The maximum atomic E-state index is 12.6. The van der Waals surface area contributed by atoms with Gasteiger partial charge in [0.05, 0.1) is 6.33 Å². The van der Waals surface area contributed by atoms with Crippen molar-refractivity contribution in [3.8, 4) is 0 Å². The smallest absolute Gasteiger partial charge is 0.332 e. The second-order valence-corrected chi connectivity index (χ2v) is 5.41. The van der Waals surface area contributed by atoms with Gasteiger partial charge in [-0.15, -0.1) is 0 Å². The highest BCUT2D eigenvalue weighted by Crippen LogP contribution is 2.05. The van der Waals surface area contributed by atoms with Crippen LogP contribution < -0.4 is 11.2 Å². The van der Waals surface area contributed by atoms with Crippen molar-refractivity contribution in [1.82, 2.24) is 19.1 Å². The Morgan fingerprint density at radius 3 is 2.24 bits per heavy atom. The molecule has 0 aliphatic rings. The molecule has 0 spiro atoms. The minimum absolute atomic E-state index is 0.230. The number of hydrogen-bond acceptors (Lipinski definition) is 3. The van der Waals surface area contributed by atoms with Crippen molar-refractivity contribution in [2.45, 2.75) is 65.5 Å². The molecule has 2 aromatic rings. The Morgan fingerprint density at radius 2 is 1.62 bits per heavy atom. The van der Waals surface area contributed by atoms with Gasteiger partial charge in [0, 0.05) is 13.1 Å². The molecular formula is C15H24N4O2. The maximum absolute atomic E-state index is 12.6. The first-order chi connectivity index (χ1) is 10.2. The predicted molar refractivity (Wildman–Crippen MR) is 83.7 cm³/mol. The van der Waals surface area contributed by atoms with E-state index in [4.69, 9.17) is 0 Å². The summed E-state index contributed by atoms with van der Waals surface area (Å²) in [7, 11) is 0. The Kier molecular flexibility index (Phi) is 5.36. The number of aryl methyl sites for hydroxylation is 1. The van der Waals surface area contributed by atoms with Crippen LogP contribution in [0.25, 0.3) is 11.2 Å². The zero-order valence-electron chi connectivity index (χ0n) is 12.9. The average molecular weight is 292 g/mol. The van der Waals surface area contributed by atoms with E-state index in [1.807, 2.05) is 0 Å². The number of H-pyrrole nitrogens is 1. The molecule has 2 heterocycles. The SMILES string of the molecule is CCCCCn1c(=O)c2[nH]cnc2n(CCCCC)c1=O. The molecule has 0 fully saturated rings. The highest BCUT2D eigenvalue weighted by atomic mass is 16.2. The molecule has 0 unspecified atom stereocenters. The number of fused-ring (bicyclic) bond motifs is 1. The first-order valence-corrected chi connectivity index (χ1v) is 7.87. The normalized spacial score (nSPS) is 11.3. The minimum Gasteiger partial charge on any atom is -0.339 e. The Balaban J connectivity index is 2.43. The van der Waals surface area contributed by atoms with Crippen LogP contribution in [0.1, 0.15) is 52.4 Å². The van der Waals surface area contributed by atoms with Crippen LogP contribution in [0, 0.1) is 0 Å². The van der Waals surface area contributed by atoms with Crippen LogP contribution in [0.2, 0.25) is 0 Å². The first kappa shape index (κ1) is 15.5. The van der Waals surface area contributed by atoms with Gasteiger partial charge in [-0.2, -0.15) is 0 Å². The molecule has 0 bridgehead atoms. The zero-order valence-corrected chi connectivity index (χ0v) is 12.9. The van der Waals surface area contributed by atoms with Crippen LogP contribution in [-0.4, -0.2) is 19.1 Å². The van der Waals surface area contributed by atoms with Gasteiger partial charge in [-0.3, -0.25) is 13.9 Å². The van der Waals surface area contributed by atoms with Crippen LogP contribution in [0.4, 0.5) is 0 Å². The van der Waals surface area contributed by atoms with Crippen LogP contribution in [0.3, 0.4) is 0 Å². The van der Waals surface area contributed by atoms with E-state index in [1.54, 1.807) is 4.57 Å². The van der Waals surface area contributed by atoms with E-state index in [2.05, 4.69) is 23.8 Å². The molecule has 0 saturated heterocycles. The number of nitrogens with zero attached hydrogens (tertiary/aromatic N) is 3. The molecule has 2 aromatic heterocycles. The highest BCUT2D eigenvalue weighted by molar-refractivity contribution is 5.68. The van der Waals surface area contributed by atoms with E-state index in [0.717, 1.165) is 38.5 Å². The van der Waals surface area contributed by atoms with Crippen molar-refractivity contribution in [3.63, 3.8) is 0 Å². The summed E-state index contributed by atoms with van der Waals surface area (Å²) in [6.07, 6.45) is 7.49. The molecule has 0 aliphatic heterocycles. The Hall–Kier alpha value is -1.85. The second-order valence-electron chi connectivity index (χ2n) is 5.41. The van der Waals surface area contributed by atoms with Gasteiger partial charge in [0.15, 0.2) is 5.65 Å². The lowest BCUT2D eigenvalue weighted by Gasteiger charge is -2.11. The largest absolute Gasteiger partial charge is 0.339 e. The second kappa shape index (κ2) is 7.24. The van der Waals surface area contributed by atoms with E-state index in [-0.39, 0.29) is 11.2 Å². The zero-order chi connectivity index (χ0) is 15.2. The van der Waals surface area contributed by atoms with Gasteiger partial charge in [0.1, 0.15) is 5.52 Å². The third kappa shape index (κ3) is 3.25. The van der Waals surface area contributed by atoms with Crippen LogP contribution in [0.15, 0.2) is 15.9 Å². The molecule has 6 nitrogen and oxygen atoms in total. The fourth-order valence-electron chi connectivity index (χ4n) is 2.55. The van der Waals surface area contributed by atoms with Crippen LogP contribution in [-0.2, 0) is 13.1 Å². The topological polar surface area (TPSA) is 72.7 Å². The van der Waals surface area contributed by atoms with E-state index in [0.29, 0.717) is 24.3 Å². The van der Waals surface area contributed by atoms with Crippen molar-refractivity contribution < 1.29 is 0 Å². The Morgan fingerprint density at radius 1 is 1.00 bits per heavy atom. The molecule has 0 aliphatic carbocycles. The molecule has 6 heteroatoms. The number of aromatic amines is 1. The van der Waals surface area contributed by atoms with Crippen LogP contribution >= 0.6 is 0 Å². The molecule has 0 amide bonds. The van der Waals surface area contributed by atoms with E-state index < -0.39 is 0 Å². The third-order valence-corrected chi connectivity index (χ3v) is 3.77. The summed E-state index contributed by atoms with van der Waals surface area (Å²) in [6, 6.07) is 0. The summed E-state index contributed by atoms with van der Waals surface area (Å²) < 4.78 is 2.98. The lowest BCUT2D eigenvalue weighted by molar-refractivity contribution is 0.516. The van der Waals surface area contributed by atoms with Crippen molar-refractivity contribution in [3.05, 3.63) is 27.2 Å². The van der Waals surface area contributed by atoms with E-state index in [9.17, 15) is 9.59 Å². The number of nitrogens with one attached hydrogen (secondary N) is 1. The highest BCUT2D eigenvalue weighted by Gasteiger charge is 2.14. The van der Waals surface area contributed by atoms with Gasteiger partial charge >= 0.3 is 5.69 Å². The fraction of sp³-hybridized carbons (Fsp3) is 0.667. The molecule has 21 heavy (non-hydrogen) atoms. The summed E-state index contributed by atoms with van der Waals surface area (Å²) in [5.74, 6) is 0. The Bertz CT molecular complexity index is 696. The van der Waals surface area contributed by atoms with E-state index in [1.165, 1.54) is 10.9 Å². The number of rotatable bonds is 8. The van der Waals surface area contributed by atoms with Crippen molar-refractivity contribution in [1.29, 1.82) is 0 Å². The van der Waals surface area contributed by atoms with Gasteiger partial charge in [-0.05, 0) is 12.8 Å². The van der Waals surface area contributed by atoms with Gasteiger partial charge < -0.3 is 4.98 Å². The lowest BCUT2D eigenvalue weighted by atomic mass is 10.2. The summed E-state index contributed by atoms with van der Waals surface area (Å²) in [4.78, 5) is 32.0. The average Bonchev–Trinajstić information content (AvgIpc) is 2.96. The summed E-state index contributed by atoms with van der Waals surface area (Å²) >= 11 is 0. The Labute approximate surface area is 123 Å². The van der Waals surface area contributed by atoms with E-state index >= 15 is 0 Å². The monoisotopic (exact) mass is 292 g/mol. The summed E-state index contributed by atoms with van der Waals surface area (Å²) in [5.41, 5.74) is 0.428. The van der Waals surface area contributed by atoms with Crippen molar-refractivity contribution in [2.24, 2.45) is 0 Å². The number of aromatic nitrogens is 4. The molecule has 0 saturated carbocycles. The summed E-state index contributed by atoms with van der Waals surface area (Å²) in [5, 5.41) is 0. The number of imidazole rings is 1. The van der Waals surface area contributed by atoms with Crippen molar-refractivity contribution >= 4 is 11.2 Å². The van der Waals surface area contributed by atoms with Gasteiger partial charge in [-0.1, -0.05) is 39.5 Å².